The summed E-state index contributed by atoms with van der Waals surface area (Å²) in [5.74, 6) is 3.49. The van der Waals surface area contributed by atoms with Crippen LogP contribution in [0.5, 0.6) is 23.0 Å². The summed E-state index contributed by atoms with van der Waals surface area (Å²) in [6, 6.07) is 57.5. The van der Waals surface area contributed by atoms with E-state index in [0.29, 0.717) is 17.1 Å². The van der Waals surface area contributed by atoms with Gasteiger partial charge in [0.2, 0.25) is 13.4 Å². The van der Waals surface area contributed by atoms with E-state index < -0.39 is 0 Å². The zero-order chi connectivity index (χ0) is 53.9. The Balaban J connectivity index is 0.00000309. The number of furan rings is 1. The zero-order valence-electron chi connectivity index (χ0n) is 46.0. The van der Waals surface area contributed by atoms with Crippen molar-refractivity contribution in [2.75, 3.05) is 0 Å². The first-order chi connectivity index (χ1) is 38.2. The molecule has 0 bridgehead atoms. The maximum atomic E-state index is 6.65. The number of ether oxygens (including phenoxy) is 2. The van der Waals surface area contributed by atoms with Crippen molar-refractivity contribution in [3.05, 3.63) is 202 Å². The average Bonchev–Trinajstić information content (AvgIpc) is 4.26. The molecule has 11 aromatic rings. The molecular weight excluding hydrogens is 1400 g/mol. The summed E-state index contributed by atoms with van der Waals surface area (Å²) in [6.07, 6.45) is 3.22. The van der Waals surface area contributed by atoms with E-state index >= 15 is 0 Å². The van der Waals surface area contributed by atoms with Gasteiger partial charge >= 0.3 is 0 Å². The molecule has 8 aromatic carbocycles. The minimum atomic E-state index is -0.291. The molecule has 3 aromatic heterocycles. The molecule has 0 atom stereocenters. The molecule has 0 aliphatic carbocycles. The third-order valence-electron chi connectivity index (χ3n) is 16.3. The molecule has 402 valence electrons. The molecule has 0 radical (unpaired) electrons. The Bertz CT molecular complexity index is 4150. The van der Waals surface area contributed by atoms with Crippen molar-refractivity contribution in [2.45, 2.75) is 88.8 Å². The number of hydrogen-bond acceptors (Lipinski definition) is 7. The summed E-state index contributed by atoms with van der Waals surface area (Å²) in [5.41, 5.74) is 26.6. The molecule has 0 amide bonds. The van der Waals surface area contributed by atoms with E-state index in [1.807, 2.05) is 58.9 Å². The molecule has 0 N–H and O–H groups in total. The molecule has 0 spiro atoms. The van der Waals surface area contributed by atoms with Crippen molar-refractivity contribution in [1.82, 2.24) is 19.6 Å². The first-order valence-electron chi connectivity index (χ1n) is 26.7. The summed E-state index contributed by atoms with van der Waals surface area (Å²) in [7, 11) is 0. The number of aryl methyl sites for hydroxylation is 8. The molecule has 4 aliphatic heterocycles. The van der Waals surface area contributed by atoms with Crippen LogP contribution in [-0.4, -0.2) is 33.0 Å². The van der Waals surface area contributed by atoms with Gasteiger partial charge in [-0.2, -0.15) is 45.6 Å². The van der Waals surface area contributed by atoms with Crippen LogP contribution in [-0.2, 0) is 42.1 Å². The Morgan fingerprint density at radius 3 is 1.47 bits per heavy atom. The van der Waals surface area contributed by atoms with Gasteiger partial charge in [-0.25, -0.2) is 12.1 Å². The second-order valence-corrected chi connectivity index (χ2v) is 23.8. The summed E-state index contributed by atoms with van der Waals surface area (Å²) < 4.78 is 23.7. The number of benzene rings is 8. The topological polar surface area (TPSA) is 67.2 Å². The Kier molecular flexibility index (Phi) is 13.2. The standard InChI is InChI=1S/C68H48B2N4O3S2.2Pt/c1-35-25-37(3)63(38(4)26-35)65-41(7)71-73(43(65)9)48-19-22-55-51(32-48)69-50-29-45(17-21-54(50)76-56-13-11-14-57(77-55)67(56)69)47-31-58(75-34-47)46-18-23-59-52(30-46)70-53-33-49(20-24-60(53)79-62-16-12-15-61(78-59)68(62)70)74-44(10)66(42(8)72-74)64-39(5)27-36(2)28-40(64)6;;/h11-28H,1-10H3;;/q-6;;. The van der Waals surface area contributed by atoms with Crippen molar-refractivity contribution in [3.8, 4) is 79.1 Å². The van der Waals surface area contributed by atoms with Gasteiger partial charge in [-0.05, 0) is 154 Å². The van der Waals surface area contributed by atoms with Crippen LogP contribution in [0.25, 0.3) is 56.1 Å². The van der Waals surface area contributed by atoms with Crippen molar-refractivity contribution in [2.24, 2.45) is 0 Å². The van der Waals surface area contributed by atoms with E-state index in [4.69, 9.17) is 24.1 Å². The first kappa shape index (κ1) is 53.6. The fourth-order valence-corrected chi connectivity index (χ4v) is 15.5. The van der Waals surface area contributed by atoms with Gasteiger partial charge in [-0.3, -0.25) is 9.36 Å². The fourth-order valence-electron chi connectivity index (χ4n) is 13.2. The second-order valence-electron chi connectivity index (χ2n) is 21.6. The van der Waals surface area contributed by atoms with Gasteiger partial charge in [-0.15, -0.1) is 87.3 Å². The zero-order valence-corrected chi connectivity index (χ0v) is 52.2. The van der Waals surface area contributed by atoms with E-state index in [0.717, 1.165) is 100 Å². The number of fused-ring (bicyclic) bond motifs is 8. The molecule has 13 heteroatoms. The van der Waals surface area contributed by atoms with Gasteiger partial charge in [-0.1, -0.05) is 58.2 Å². The molecule has 0 saturated heterocycles. The Morgan fingerprint density at radius 2 is 0.889 bits per heavy atom. The Hall–Kier alpha value is -6.73. The van der Waals surface area contributed by atoms with Crippen LogP contribution < -0.4 is 42.3 Å². The maximum Gasteiger partial charge on any atom is 0.212 e. The third kappa shape index (κ3) is 8.42. The number of hydrogen-bond donors (Lipinski definition) is 0. The van der Waals surface area contributed by atoms with E-state index in [1.54, 1.807) is 11.8 Å². The van der Waals surface area contributed by atoms with Crippen molar-refractivity contribution in [1.29, 1.82) is 0 Å². The molecular formula is C68H48B2N4O3Pt2S2-6. The largest absolute Gasteiger partial charge is 0.631 e. The number of nitrogens with zero attached hydrogens (tertiary/aromatic N) is 4. The summed E-state index contributed by atoms with van der Waals surface area (Å²) in [5, 5.41) is 10.3. The minimum Gasteiger partial charge on any atom is -0.631 e. The van der Waals surface area contributed by atoms with Crippen LogP contribution in [0, 0.1) is 106 Å². The quantitative estimate of drug-likeness (QED) is 0.121. The van der Waals surface area contributed by atoms with E-state index in [-0.39, 0.29) is 55.6 Å². The molecule has 15 rings (SSSR count). The van der Waals surface area contributed by atoms with Crippen LogP contribution in [0.1, 0.15) is 56.2 Å². The van der Waals surface area contributed by atoms with E-state index in [2.05, 4.69) is 177 Å². The monoisotopic (exact) mass is 1440 g/mol. The van der Waals surface area contributed by atoms with Crippen molar-refractivity contribution in [3.63, 3.8) is 0 Å². The normalized spacial score (nSPS) is 12.9. The van der Waals surface area contributed by atoms with Crippen molar-refractivity contribution >= 4 is 69.7 Å². The summed E-state index contributed by atoms with van der Waals surface area (Å²) in [4.78, 5) is 4.82. The van der Waals surface area contributed by atoms with Gasteiger partial charge in [0.1, 0.15) is 11.5 Å². The van der Waals surface area contributed by atoms with Gasteiger partial charge < -0.3 is 31.1 Å². The minimum absolute atomic E-state index is 0. The van der Waals surface area contributed by atoms with Crippen LogP contribution in [0.15, 0.2) is 133 Å². The van der Waals surface area contributed by atoms with Gasteiger partial charge in [0.25, 0.3) is 0 Å². The SMILES string of the molecule is Cc1cc(C)c(-c2c(C)nn(-c3[c-]c4c(cc3)Oc3cccc5c3B4c3[c-]c(-c4[c-]oc(-c6[c-]c7c(cc6)Sc6cccc8c6B7c6[c-]c(-n7nc(C)c(-c9c(C)cc(C)cc9C)c7C)ccc6S8)[c-]4)ccc3O5)c2C)c(C)c1.[Pt].[Pt]. The molecule has 7 heterocycles. The van der Waals surface area contributed by atoms with Crippen molar-refractivity contribution < 1.29 is 56.0 Å². The van der Waals surface area contributed by atoms with Crippen LogP contribution in [0.3, 0.4) is 0 Å². The number of aromatic nitrogens is 4. The second kappa shape index (κ2) is 20.0. The maximum absolute atomic E-state index is 6.65. The Labute approximate surface area is 511 Å². The van der Waals surface area contributed by atoms with Crippen LogP contribution in [0.2, 0.25) is 0 Å². The molecule has 0 fully saturated rings. The smallest absolute Gasteiger partial charge is 0.212 e. The molecule has 81 heavy (non-hydrogen) atoms. The van der Waals surface area contributed by atoms with E-state index in [1.165, 1.54) is 70.2 Å². The predicted octanol–water partition coefficient (Wildman–Crippen LogP) is 12.4. The predicted molar refractivity (Wildman–Crippen MR) is 319 cm³/mol. The average molecular weight is 1450 g/mol. The number of rotatable bonds is 6. The fraction of sp³-hybridized carbons (Fsp3) is 0.147. The molecule has 7 nitrogen and oxygen atoms in total. The van der Waals surface area contributed by atoms with Gasteiger partial charge in [0.15, 0.2) is 0 Å². The van der Waals surface area contributed by atoms with E-state index in [9.17, 15) is 0 Å². The third-order valence-corrected chi connectivity index (χ3v) is 18.6. The summed E-state index contributed by atoms with van der Waals surface area (Å²) in [6.45, 7) is 21.2. The van der Waals surface area contributed by atoms with Crippen LogP contribution in [0.4, 0.5) is 0 Å². The van der Waals surface area contributed by atoms with Gasteiger partial charge in [0, 0.05) is 81.6 Å². The van der Waals surface area contributed by atoms with Crippen LogP contribution >= 0.6 is 23.5 Å². The molecule has 4 aliphatic rings. The van der Waals surface area contributed by atoms with Gasteiger partial charge in [0.05, 0.1) is 11.4 Å². The molecule has 0 saturated carbocycles. The first-order valence-corrected chi connectivity index (χ1v) is 28.3. The summed E-state index contributed by atoms with van der Waals surface area (Å²) >= 11 is 3.61. The molecule has 0 unspecified atom stereocenters. The Morgan fingerprint density at radius 1 is 0.432 bits per heavy atom.